The molecule has 29 heavy (non-hydrogen) atoms. The van der Waals surface area contributed by atoms with Crippen LogP contribution in [0, 0.1) is 0 Å². The third kappa shape index (κ3) is 5.29. The van der Waals surface area contributed by atoms with Crippen molar-refractivity contribution in [3.63, 3.8) is 0 Å². The van der Waals surface area contributed by atoms with Gasteiger partial charge in [-0.15, -0.1) is 0 Å². The highest BCUT2D eigenvalue weighted by Gasteiger charge is 2.29. The fourth-order valence-corrected chi connectivity index (χ4v) is 3.95. The van der Waals surface area contributed by atoms with Crippen LogP contribution < -0.4 is 4.74 Å². The second-order valence-corrected chi connectivity index (χ2v) is 8.63. The summed E-state index contributed by atoms with van der Waals surface area (Å²) in [5, 5.41) is 9.07. The maximum Gasteiger partial charge on any atom is 0.335 e. The van der Waals surface area contributed by atoms with Crippen molar-refractivity contribution < 1.29 is 14.6 Å². The Morgan fingerprint density at radius 2 is 1.93 bits per heavy atom. The molecular weight excluding hydrogens is 360 g/mol. The Kier molecular flexibility index (Phi) is 6.79. The second-order valence-electron chi connectivity index (χ2n) is 8.63. The average Bonchev–Trinajstić information content (AvgIpc) is 2.70. The van der Waals surface area contributed by atoms with Gasteiger partial charge < -0.3 is 9.84 Å². The summed E-state index contributed by atoms with van der Waals surface area (Å²) in [6.07, 6.45) is 10.1. The van der Waals surface area contributed by atoms with E-state index in [2.05, 4.69) is 51.1 Å². The van der Waals surface area contributed by atoms with Crippen molar-refractivity contribution >= 4 is 12.0 Å². The van der Waals surface area contributed by atoms with Gasteiger partial charge in [0.1, 0.15) is 5.75 Å². The van der Waals surface area contributed by atoms with Crippen LogP contribution in [0.15, 0.2) is 48.5 Å². The molecule has 154 valence electrons. The van der Waals surface area contributed by atoms with E-state index in [-0.39, 0.29) is 5.41 Å². The Morgan fingerprint density at radius 1 is 1.17 bits per heavy atom. The van der Waals surface area contributed by atoms with Crippen LogP contribution in [-0.4, -0.2) is 17.7 Å². The summed E-state index contributed by atoms with van der Waals surface area (Å²) in [6.45, 7) is 7.57. The number of aromatic carboxylic acids is 1. The summed E-state index contributed by atoms with van der Waals surface area (Å²) in [5.74, 6) is 0.452. The first-order valence-corrected chi connectivity index (χ1v) is 10.7. The lowest BCUT2D eigenvalue weighted by Crippen LogP contribution is -2.26. The number of ether oxygens (including phenoxy) is 1. The molecule has 1 unspecified atom stereocenters. The number of hydrogen-bond donors (Lipinski definition) is 1. The highest BCUT2D eigenvalue weighted by molar-refractivity contribution is 5.87. The van der Waals surface area contributed by atoms with E-state index in [1.54, 1.807) is 12.1 Å². The van der Waals surface area contributed by atoms with Gasteiger partial charge in [-0.05, 0) is 53.1 Å². The minimum Gasteiger partial charge on any atom is -0.493 e. The number of hydrogen-bond acceptors (Lipinski definition) is 2. The van der Waals surface area contributed by atoms with Gasteiger partial charge in [0.2, 0.25) is 0 Å². The van der Waals surface area contributed by atoms with Crippen molar-refractivity contribution in [1.82, 2.24) is 0 Å². The lowest BCUT2D eigenvalue weighted by atomic mass is 9.78. The molecule has 1 heterocycles. The Labute approximate surface area is 174 Å². The number of carboxylic acids is 1. The zero-order chi connectivity index (χ0) is 20.9. The van der Waals surface area contributed by atoms with Gasteiger partial charge in [0, 0.05) is 5.92 Å². The SMILES string of the molecule is CCCCCC(/C=C/c1ccc(C(=O)O)cc1)c1ccc2c(c1)OCCC2(C)C. The molecule has 3 heteroatoms. The molecule has 0 saturated heterocycles. The second kappa shape index (κ2) is 9.30. The van der Waals surface area contributed by atoms with Crippen molar-refractivity contribution in [2.45, 2.75) is 64.2 Å². The Balaban J connectivity index is 1.84. The summed E-state index contributed by atoms with van der Waals surface area (Å²) >= 11 is 0. The smallest absolute Gasteiger partial charge is 0.335 e. The molecular formula is C26H32O3. The van der Waals surface area contributed by atoms with Crippen LogP contribution in [0.2, 0.25) is 0 Å². The molecule has 0 fully saturated rings. The maximum atomic E-state index is 11.0. The Bertz CT molecular complexity index is 862. The molecule has 0 radical (unpaired) electrons. The molecule has 2 aromatic carbocycles. The molecule has 1 aliphatic heterocycles. The van der Waals surface area contributed by atoms with Gasteiger partial charge in [0.25, 0.3) is 0 Å². The van der Waals surface area contributed by atoms with Crippen molar-refractivity contribution in [2.24, 2.45) is 0 Å². The van der Waals surface area contributed by atoms with Gasteiger partial charge in [-0.3, -0.25) is 0 Å². The van der Waals surface area contributed by atoms with Crippen molar-refractivity contribution in [3.05, 3.63) is 70.8 Å². The number of unbranched alkanes of at least 4 members (excludes halogenated alkanes) is 2. The summed E-state index contributed by atoms with van der Waals surface area (Å²) in [7, 11) is 0. The number of allylic oxidation sites excluding steroid dienone is 1. The summed E-state index contributed by atoms with van der Waals surface area (Å²) in [6, 6.07) is 13.8. The molecule has 0 aromatic heterocycles. The van der Waals surface area contributed by atoms with E-state index in [1.807, 2.05) is 12.1 Å². The zero-order valence-corrected chi connectivity index (χ0v) is 17.8. The average molecular weight is 393 g/mol. The number of fused-ring (bicyclic) bond motifs is 1. The summed E-state index contributed by atoms with van der Waals surface area (Å²) < 4.78 is 5.99. The van der Waals surface area contributed by atoms with Crippen LogP contribution in [-0.2, 0) is 5.41 Å². The fourth-order valence-electron chi connectivity index (χ4n) is 3.95. The van der Waals surface area contributed by atoms with E-state index >= 15 is 0 Å². The summed E-state index contributed by atoms with van der Waals surface area (Å²) in [5.41, 5.74) is 4.08. The molecule has 0 aliphatic carbocycles. The lowest BCUT2D eigenvalue weighted by molar-refractivity contribution is 0.0697. The van der Waals surface area contributed by atoms with Crippen LogP contribution in [0.4, 0.5) is 0 Å². The van der Waals surface area contributed by atoms with E-state index in [9.17, 15) is 4.79 Å². The van der Waals surface area contributed by atoms with Crippen LogP contribution >= 0.6 is 0 Å². The normalized spacial score (nSPS) is 16.2. The predicted molar refractivity (Wildman–Crippen MR) is 119 cm³/mol. The molecule has 2 aromatic rings. The van der Waals surface area contributed by atoms with Crippen LogP contribution in [0.5, 0.6) is 5.75 Å². The minimum atomic E-state index is -0.894. The monoisotopic (exact) mass is 392 g/mol. The maximum absolute atomic E-state index is 11.0. The molecule has 1 aliphatic rings. The Morgan fingerprint density at radius 3 is 2.62 bits per heavy atom. The van der Waals surface area contributed by atoms with Gasteiger partial charge in [-0.2, -0.15) is 0 Å². The van der Waals surface area contributed by atoms with Gasteiger partial charge in [-0.25, -0.2) is 4.79 Å². The van der Waals surface area contributed by atoms with Gasteiger partial charge in [0.15, 0.2) is 0 Å². The van der Waals surface area contributed by atoms with Crippen LogP contribution in [0.25, 0.3) is 6.08 Å². The van der Waals surface area contributed by atoms with Crippen molar-refractivity contribution in [1.29, 1.82) is 0 Å². The third-order valence-corrected chi connectivity index (χ3v) is 5.94. The quantitative estimate of drug-likeness (QED) is 0.501. The van der Waals surface area contributed by atoms with Crippen molar-refractivity contribution in [3.8, 4) is 5.75 Å². The largest absolute Gasteiger partial charge is 0.493 e. The molecule has 1 atom stereocenters. The molecule has 3 nitrogen and oxygen atoms in total. The first-order chi connectivity index (χ1) is 13.9. The number of rotatable bonds is 8. The molecule has 0 spiro atoms. The van der Waals surface area contributed by atoms with Crippen LogP contribution in [0.3, 0.4) is 0 Å². The first-order valence-electron chi connectivity index (χ1n) is 10.7. The summed E-state index contributed by atoms with van der Waals surface area (Å²) in [4.78, 5) is 11.0. The third-order valence-electron chi connectivity index (χ3n) is 5.94. The van der Waals surface area contributed by atoms with Gasteiger partial charge >= 0.3 is 5.97 Å². The predicted octanol–water partition coefficient (Wildman–Crippen LogP) is 6.82. The molecule has 0 bridgehead atoms. The van der Waals surface area contributed by atoms with Crippen LogP contribution in [0.1, 0.15) is 85.8 Å². The first kappa shape index (κ1) is 21.2. The number of carboxylic acid groups (broad SMARTS) is 1. The minimum absolute atomic E-state index is 0.158. The molecule has 1 N–H and O–H groups in total. The standard InChI is InChI=1S/C26H32O3/c1-4-5-6-7-20(11-8-19-9-12-21(13-10-19)25(27)28)22-14-15-23-24(18-22)29-17-16-26(23,2)3/h8-15,18,20H,4-7,16-17H2,1-3H3,(H,27,28)/b11-8+. The molecule has 0 amide bonds. The molecule has 0 saturated carbocycles. The number of carbonyl (C=O) groups is 1. The van der Waals surface area contributed by atoms with Crippen molar-refractivity contribution in [2.75, 3.05) is 6.61 Å². The van der Waals surface area contributed by atoms with E-state index in [1.165, 1.54) is 30.4 Å². The van der Waals surface area contributed by atoms with E-state index in [0.29, 0.717) is 11.5 Å². The zero-order valence-electron chi connectivity index (χ0n) is 17.8. The highest BCUT2D eigenvalue weighted by Crippen LogP contribution is 2.40. The topological polar surface area (TPSA) is 46.5 Å². The lowest BCUT2D eigenvalue weighted by Gasteiger charge is -2.33. The number of benzene rings is 2. The van der Waals surface area contributed by atoms with E-state index in [4.69, 9.17) is 9.84 Å². The molecule has 3 rings (SSSR count). The highest BCUT2D eigenvalue weighted by atomic mass is 16.5. The van der Waals surface area contributed by atoms with E-state index in [0.717, 1.165) is 30.8 Å². The van der Waals surface area contributed by atoms with E-state index < -0.39 is 5.97 Å². The van der Waals surface area contributed by atoms with Gasteiger partial charge in [0.05, 0.1) is 12.2 Å². The van der Waals surface area contributed by atoms with Gasteiger partial charge in [-0.1, -0.05) is 76.5 Å². The fraction of sp³-hybridized carbons (Fsp3) is 0.423. The Hall–Kier alpha value is -2.55.